The van der Waals surface area contributed by atoms with E-state index in [1.165, 1.54) is 24.8 Å². The van der Waals surface area contributed by atoms with Crippen LogP contribution in [0.5, 0.6) is 11.5 Å². The maximum absolute atomic E-state index is 5.59. The molecule has 1 saturated heterocycles. The summed E-state index contributed by atoms with van der Waals surface area (Å²) in [7, 11) is 0. The van der Waals surface area contributed by atoms with Crippen LogP contribution >= 0.6 is 0 Å². The number of pyridine rings is 3. The summed E-state index contributed by atoms with van der Waals surface area (Å²) in [5, 5.41) is 7.68. The Balaban J connectivity index is 1.16. The first-order valence-corrected chi connectivity index (χ1v) is 13.6. The van der Waals surface area contributed by atoms with Crippen molar-refractivity contribution in [1.82, 2.24) is 40.0 Å². The van der Waals surface area contributed by atoms with Crippen LogP contribution in [0.1, 0.15) is 24.8 Å². The Morgan fingerprint density at radius 2 is 1.80 bits per heavy atom. The minimum Gasteiger partial charge on any atom is -0.454 e. The Bertz CT molecular complexity index is 1870. The third-order valence-corrected chi connectivity index (χ3v) is 7.65. The number of nitrogens with one attached hydrogen (secondary N) is 2. The second-order valence-corrected chi connectivity index (χ2v) is 10.3. The van der Waals surface area contributed by atoms with Gasteiger partial charge >= 0.3 is 0 Å². The van der Waals surface area contributed by atoms with Crippen molar-refractivity contribution in [2.75, 3.05) is 19.9 Å². The summed E-state index contributed by atoms with van der Waals surface area (Å²) >= 11 is 0. The number of fused-ring (bicyclic) bond motifs is 3. The van der Waals surface area contributed by atoms with Crippen LogP contribution in [0, 0.1) is 0 Å². The Morgan fingerprint density at radius 3 is 2.75 bits per heavy atom. The number of rotatable bonds is 5. The first-order valence-electron chi connectivity index (χ1n) is 13.6. The lowest BCUT2D eigenvalue weighted by Crippen LogP contribution is -2.29. The van der Waals surface area contributed by atoms with Crippen LogP contribution < -0.4 is 9.47 Å². The molecule has 5 aromatic heterocycles. The lowest BCUT2D eigenvalue weighted by atomic mass is 10.1. The molecule has 2 N–H and O–H groups in total. The van der Waals surface area contributed by atoms with Gasteiger partial charge in [0.2, 0.25) is 6.79 Å². The molecule has 0 unspecified atom stereocenters. The van der Waals surface area contributed by atoms with Gasteiger partial charge in [-0.2, -0.15) is 5.10 Å². The molecule has 7 heterocycles. The molecule has 0 amide bonds. The molecule has 0 saturated carbocycles. The van der Waals surface area contributed by atoms with E-state index in [1.54, 1.807) is 6.20 Å². The average Bonchev–Trinajstić information content (AvgIpc) is 3.75. The summed E-state index contributed by atoms with van der Waals surface area (Å²) in [6, 6.07) is 14.1. The molecule has 1 fully saturated rings. The van der Waals surface area contributed by atoms with Gasteiger partial charge in [0.25, 0.3) is 0 Å². The molecule has 0 radical (unpaired) electrons. The topological polar surface area (TPSA) is 118 Å². The molecule has 0 spiro atoms. The van der Waals surface area contributed by atoms with Gasteiger partial charge in [-0.25, -0.2) is 15.0 Å². The number of imidazole rings is 1. The minimum atomic E-state index is 0.235. The lowest BCUT2D eigenvalue weighted by molar-refractivity contribution is 0.174. The van der Waals surface area contributed by atoms with E-state index in [0.717, 1.165) is 70.1 Å². The molecule has 6 aromatic rings. The summed E-state index contributed by atoms with van der Waals surface area (Å²) < 4.78 is 11.1. The summed E-state index contributed by atoms with van der Waals surface area (Å²) in [6.45, 7) is 3.45. The Hall–Kier alpha value is -4.83. The molecule has 10 heteroatoms. The van der Waals surface area contributed by atoms with Crippen LogP contribution in [0.2, 0.25) is 0 Å². The summed E-state index contributed by atoms with van der Waals surface area (Å²) in [5.74, 6) is 2.08. The molecule has 8 rings (SSSR count). The highest BCUT2D eigenvalue weighted by molar-refractivity contribution is 5.95. The largest absolute Gasteiger partial charge is 0.454 e. The molecular formula is C30H26N8O2. The van der Waals surface area contributed by atoms with Gasteiger partial charge in [0.1, 0.15) is 5.52 Å². The molecule has 2 aliphatic heterocycles. The van der Waals surface area contributed by atoms with Gasteiger partial charge in [0.05, 0.1) is 16.7 Å². The number of hydrogen-bond donors (Lipinski definition) is 2. The van der Waals surface area contributed by atoms with E-state index in [2.05, 4.69) is 36.1 Å². The second kappa shape index (κ2) is 9.42. The molecule has 1 aromatic carbocycles. The highest BCUT2D eigenvalue weighted by Gasteiger charge is 2.19. The molecule has 0 aliphatic carbocycles. The highest BCUT2D eigenvalue weighted by atomic mass is 16.7. The summed E-state index contributed by atoms with van der Waals surface area (Å²) in [5.41, 5.74) is 8.62. The van der Waals surface area contributed by atoms with Crippen molar-refractivity contribution in [2.45, 2.75) is 25.8 Å². The normalized spacial score (nSPS) is 15.3. The van der Waals surface area contributed by atoms with Crippen molar-refractivity contribution in [3.8, 4) is 45.4 Å². The van der Waals surface area contributed by atoms with Gasteiger partial charge in [0.15, 0.2) is 28.7 Å². The van der Waals surface area contributed by atoms with E-state index in [-0.39, 0.29) is 6.79 Å². The van der Waals surface area contributed by atoms with Crippen LogP contribution in [0.3, 0.4) is 0 Å². The van der Waals surface area contributed by atoms with E-state index in [9.17, 15) is 0 Å². The van der Waals surface area contributed by atoms with E-state index < -0.39 is 0 Å². The summed E-state index contributed by atoms with van der Waals surface area (Å²) in [4.78, 5) is 24.8. The van der Waals surface area contributed by atoms with Gasteiger partial charge < -0.3 is 14.5 Å². The second-order valence-electron chi connectivity index (χ2n) is 10.3. The molecular weight excluding hydrogens is 504 g/mol. The predicted octanol–water partition coefficient (Wildman–Crippen LogP) is 5.34. The van der Waals surface area contributed by atoms with E-state index in [4.69, 9.17) is 19.4 Å². The minimum absolute atomic E-state index is 0.235. The lowest BCUT2D eigenvalue weighted by Gasteiger charge is -2.26. The van der Waals surface area contributed by atoms with Crippen LogP contribution in [0.4, 0.5) is 0 Å². The monoisotopic (exact) mass is 530 g/mol. The molecule has 2 aliphatic rings. The van der Waals surface area contributed by atoms with Crippen molar-refractivity contribution in [2.24, 2.45) is 0 Å². The number of likely N-dealkylation sites (tertiary alicyclic amines) is 1. The zero-order valence-corrected chi connectivity index (χ0v) is 21.7. The standard InChI is InChI=1S/C30H26N8O2/c1-2-10-38(11-3-1)16-18-12-20(15-31-14-18)22-5-6-23-27(33-22)28(37-36-23)30-34-26-21(8-9-32-29(26)35-30)19-4-7-24-25(13-19)40-17-39-24/h4-9,12-15H,1-3,10-11,16-17H2,(H,36,37)(H,32,34,35). The van der Waals surface area contributed by atoms with Crippen molar-refractivity contribution in [3.05, 3.63) is 66.6 Å². The molecule has 0 bridgehead atoms. The number of nitrogens with zero attached hydrogens (tertiary/aromatic N) is 6. The first-order chi connectivity index (χ1) is 19.8. The van der Waals surface area contributed by atoms with Crippen molar-refractivity contribution in [3.63, 3.8) is 0 Å². The van der Waals surface area contributed by atoms with E-state index >= 15 is 0 Å². The first kappa shape index (κ1) is 23.1. The molecule has 10 nitrogen and oxygen atoms in total. The van der Waals surface area contributed by atoms with Crippen molar-refractivity contribution < 1.29 is 9.47 Å². The van der Waals surface area contributed by atoms with Gasteiger partial charge in [-0.15, -0.1) is 0 Å². The number of hydrogen-bond acceptors (Lipinski definition) is 8. The van der Waals surface area contributed by atoms with Crippen LogP contribution in [-0.2, 0) is 6.54 Å². The van der Waals surface area contributed by atoms with Crippen LogP contribution in [0.15, 0.2) is 61.1 Å². The van der Waals surface area contributed by atoms with Crippen molar-refractivity contribution >= 4 is 22.2 Å². The third-order valence-electron chi connectivity index (χ3n) is 7.65. The Labute approximate surface area is 229 Å². The molecule has 40 heavy (non-hydrogen) atoms. The van der Waals surface area contributed by atoms with Gasteiger partial charge in [-0.1, -0.05) is 12.5 Å². The molecule has 198 valence electrons. The van der Waals surface area contributed by atoms with Crippen LogP contribution in [-0.4, -0.2) is 59.9 Å². The predicted molar refractivity (Wildman–Crippen MR) is 151 cm³/mol. The van der Waals surface area contributed by atoms with E-state index in [1.807, 2.05) is 48.8 Å². The number of aromatic nitrogens is 7. The van der Waals surface area contributed by atoms with E-state index in [0.29, 0.717) is 17.2 Å². The SMILES string of the molecule is c1cc(-c2ccc3c(c2)OCO3)c2[nH]c(-c3n[nH]c4ccc(-c5cncc(CN6CCCCC6)c5)nc34)nc2n1. The summed E-state index contributed by atoms with van der Waals surface area (Å²) in [6.07, 6.45) is 9.45. The number of benzene rings is 1. The maximum atomic E-state index is 5.59. The third kappa shape index (κ3) is 4.04. The highest BCUT2D eigenvalue weighted by Crippen LogP contribution is 2.38. The van der Waals surface area contributed by atoms with Crippen molar-refractivity contribution in [1.29, 1.82) is 0 Å². The number of ether oxygens (including phenoxy) is 2. The zero-order valence-electron chi connectivity index (χ0n) is 21.7. The van der Waals surface area contributed by atoms with Gasteiger partial charge in [-0.3, -0.25) is 15.0 Å². The number of H-pyrrole nitrogens is 2. The average molecular weight is 531 g/mol. The smallest absolute Gasteiger partial charge is 0.231 e. The fourth-order valence-electron chi connectivity index (χ4n) is 5.64. The van der Waals surface area contributed by atoms with Crippen LogP contribution in [0.25, 0.3) is 56.1 Å². The van der Waals surface area contributed by atoms with Gasteiger partial charge in [0, 0.05) is 36.3 Å². The number of aromatic amines is 2. The number of piperidine rings is 1. The van der Waals surface area contributed by atoms with Gasteiger partial charge in [-0.05, 0) is 73.5 Å². The quantitative estimate of drug-likeness (QED) is 0.307. The zero-order chi connectivity index (χ0) is 26.5. The fraction of sp³-hybridized carbons (Fsp3) is 0.233. The Morgan fingerprint density at radius 1 is 0.875 bits per heavy atom. The maximum Gasteiger partial charge on any atom is 0.231 e. The Kier molecular flexibility index (Phi) is 5.44. The fourth-order valence-corrected chi connectivity index (χ4v) is 5.64. The molecule has 0 atom stereocenters.